The van der Waals surface area contributed by atoms with Crippen molar-refractivity contribution in [2.24, 2.45) is 0 Å². The lowest BCUT2D eigenvalue weighted by atomic mass is 10.2. The van der Waals surface area contributed by atoms with Gasteiger partial charge in [0, 0.05) is 13.6 Å². The van der Waals surface area contributed by atoms with Gasteiger partial charge >= 0.3 is 5.97 Å². The smallest absolute Gasteiger partial charge is 0.351 e. The summed E-state index contributed by atoms with van der Waals surface area (Å²) in [4.78, 5) is 29.0. The van der Waals surface area contributed by atoms with Gasteiger partial charge in [0.25, 0.3) is 0 Å². The molecule has 1 aromatic rings. The minimum absolute atomic E-state index is 0.0148. The van der Waals surface area contributed by atoms with Gasteiger partial charge in [-0.25, -0.2) is 9.78 Å². The maximum atomic E-state index is 11.7. The molecule has 1 aliphatic heterocycles. The van der Waals surface area contributed by atoms with E-state index in [9.17, 15) is 9.59 Å². The molecule has 1 aromatic heterocycles. The van der Waals surface area contributed by atoms with Crippen LogP contribution in [0.15, 0.2) is 0 Å². The van der Waals surface area contributed by atoms with Crippen molar-refractivity contribution >= 4 is 39.9 Å². The van der Waals surface area contributed by atoms with Crippen molar-refractivity contribution in [3.05, 3.63) is 10.0 Å². The van der Waals surface area contributed by atoms with Crippen LogP contribution in [-0.2, 0) is 9.53 Å². The van der Waals surface area contributed by atoms with E-state index in [4.69, 9.17) is 11.6 Å². The fraction of sp³-hybridized carbons (Fsp3) is 0.500. The number of methoxy groups -OCH3 is 1. The lowest BCUT2D eigenvalue weighted by Gasteiger charge is -2.10. The summed E-state index contributed by atoms with van der Waals surface area (Å²) in [5, 5.41) is 3.53. The van der Waals surface area contributed by atoms with E-state index in [1.54, 1.807) is 11.9 Å². The Morgan fingerprint density at radius 2 is 2.39 bits per heavy atom. The van der Waals surface area contributed by atoms with Crippen molar-refractivity contribution in [3.63, 3.8) is 0 Å². The lowest BCUT2D eigenvalue weighted by Crippen LogP contribution is -2.30. The van der Waals surface area contributed by atoms with Crippen LogP contribution in [0.25, 0.3) is 0 Å². The molecule has 0 bridgehead atoms. The zero-order valence-corrected chi connectivity index (χ0v) is 11.5. The summed E-state index contributed by atoms with van der Waals surface area (Å²) < 4.78 is 4.58. The molecule has 0 spiro atoms. The van der Waals surface area contributed by atoms with E-state index in [0.717, 1.165) is 11.3 Å². The van der Waals surface area contributed by atoms with Crippen LogP contribution in [0.4, 0.5) is 5.13 Å². The Morgan fingerprint density at radius 3 is 2.94 bits per heavy atom. The van der Waals surface area contributed by atoms with Gasteiger partial charge in [0.2, 0.25) is 5.91 Å². The number of anilines is 1. The minimum atomic E-state index is -0.527. The Bertz CT molecular complexity index is 491. The highest BCUT2D eigenvalue weighted by Gasteiger charge is 2.30. The first kappa shape index (κ1) is 13.1. The topological polar surface area (TPSA) is 71.5 Å². The highest BCUT2D eigenvalue weighted by Crippen LogP contribution is 2.29. The first-order valence-corrected chi connectivity index (χ1v) is 6.48. The number of aromatic nitrogens is 1. The molecule has 0 aliphatic carbocycles. The molecule has 1 atom stereocenters. The first-order chi connectivity index (χ1) is 8.52. The summed E-state index contributed by atoms with van der Waals surface area (Å²) in [6.07, 6.45) is 0.708. The summed E-state index contributed by atoms with van der Waals surface area (Å²) in [6.45, 7) is 0.708. The van der Waals surface area contributed by atoms with Crippen LogP contribution < -0.4 is 5.32 Å². The molecule has 8 heteroatoms. The number of likely N-dealkylation sites (tertiary alicyclic amines) is 1. The number of thiazole rings is 1. The van der Waals surface area contributed by atoms with E-state index in [-0.39, 0.29) is 22.0 Å². The number of carbonyl (C=O) groups is 2. The average molecular weight is 290 g/mol. The van der Waals surface area contributed by atoms with Crippen molar-refractivity contribution in [1.29, 1.82) is 0 Å². The molecule has 18 heavy (non-hydrogen) atoms. The summed E-state index contributed by atoms with van der Waals surface area (Å²) >= 11 is 6.92. The summed E-state index contributed by atoms with van der Waals surface area (Å²) in [5.41, 5.74) is 0. The lowest BCUT2D eigenvalue weighted by molar-refractivity contribution is -0.127. The average Bonchev–Trinajstić information content (AvgIpc) is 2.86. The third-order valence-electron chi connectivity index (χ3n) is 2.68. The molecule has 0 aromatic carbocycles. The molecule has 6 nitrogen and oxygen atoms in total. The van der Waals surface area contributed by atoms with Crippen LogP contribution in [0.2, 0.25) is 5.15 Å². The maximum absolute atomic E-state index is 11.7. The second-order valence-electron chi connectivity index (χ2n) is 3.88. The molecule has 1 saturated heterocycles. The molecule has 2 heterocycles. The molecule has 1 aliphatic rings. The number of rotatable bonds is 3. The number of halogens is 1. The van der Waals surface area contributed by atoms with E-state index < -0.39 is 5.97 Å². The van der Waals surface area contributed by atoms with E-state index in [2.05, 4.69) is 15.0 Å². The van der Waals surface area contributed by atoms with Crippen molar-refractivity contribution in [2.45, 2.75) is 12.5 Å². The van der Waals surface area contributed by atoms with Crippen molar-refractivity contribution in [3.8, 4) is 0 Å². The largest absolute Gasteiger partial charge is 0.465 e. The number of nitrogens with zero attached hydrogens (tertiary/aromatic N) is 2. The Hall–Kier alpha value is -1.34. The standard InChI is InChI=1S/C10H12ClN3O3S/c1-14-4-3-5(8(14)15)12-10-13-7(11)6(18-10)9(16)17-2/h5H,3-4H2,1-2H3,(H,12,13). The number of hydrogen-bond donors (Lipinski definition) is 1. The van der Waals surface area contributed by atoms with Crippen LogP contribution in [0, 0.1) is 0 Å². The predicted molar refractivity (Wildman–Crippen MR) is 68.1 cm³/mol. The molecular formula is C10H12ClN3O3S. The molecule has 1 unspecified atom stereocenters. The van der Waals surface area contributed by atoms with E-state index >= 15 is 0 Å². The van der Waals surface area contributed by atoms with Gasteiger partial charge in [0.05, 0.1) is 7.11 Å². The van der Waals surface area contributed by atoms with E-state index in [1.165, 1.54) is 7.11 Å². The number of esters is 1. The number of amides is 1. The van der Waals surface area contributed by atoms with Gasteiger partial charge in [-0.3, -0.25) is 4.79 Å². The minimum Gasteiger partial charge on any atom is -0.465 e. The van der Waals surface area contributed by atoms with Crippen LogP contribution in [0.5, 0.6) is 0 Å². The van der Waals surface area contributed by atoms with Crippen LogP contribution in [0.1, 0.15) is 16.1 Å². The Labute approximate surface area is 113 Å². The Balaban J connectivity index is 2.11. The highest BCUT2D eigenvalue weighted by molar-refractivity contribution is 7.18. The van der Waals surface area contributed by atoms with Gasteiger partial charge < -0.3 is 15.0 Å². The predicted octanol–water partition coefficient (Wildman–Crippen LogP) is 1.23. The van der Waals surface area contributed by atoms with Gasteiger partial charge in [0.1, 0.15) is 6.04 Å². The molecule has 0 radical (unpaired) electrons. The van der Waals surface area contributed by atoms with Crippen LogP contribution >= 0.6 is 22.9 Å². The summed E-state index contributed by atoms with van der Waals surface area (Å²) in [6, 6.07) is -0.303. The normalized spacial score (nSPS) is 19.2. The van der Waals surface area contributed by atoms with Crippen molar-refractivity contribution in [2.75, 3.05) is 26.0 Å². The number of hydrogen-bond acceptors (Lipinski definition) is 6. The molecule has 0 saturated carbocycles. The van der Waals surface area contributed by atoms with Gasteiger partial charge in [-0.2, -0.15) is 0 Å². The van der Waals surface area contributed by atoms with Crippen molar-refractivity contribution in [1.82, 2.24) is 9.88 Å². The molecular weight excluding hydrogens is 278 g/mol. The zero-order valence-electron chi connectivity index (χ0n) is 9.90. The SMILES string of the molecule is COC(=O)c1sc(NC2CCN(C)C2=O)nc1Cl. The van der Waals surface area contributed by atoms with Crippen LogP contribution in [-0.4, -0.2) is 48.5 Å². The van der Waals surface area contributed by atoms with E-state index in [0.29, 0.717) is 18.1 Å². The molecule has 98 valence electrons. The molecule has 1 amide bonds. The zero-order chi connectivity index (χ0) is 13.3. The third-order valence-corrected chi connectivity index (χ3v) is 4.03. The maximum Gasteiger partial charge on any atom is 0.351 e. The van der Waals surface area contributed by atoms with Gasteiger partial charge in [0.15, 0.2) is 15.2 Å². The fourth-order valence-electron chi connectivity index (χ4n) is 1.69. The van der Waals surface area contributed by atoms with Gasteiger partial charge in [-0.1, -0.05) is 22.9 Å². The Kier molecular flexibility index (Phi) is 3.72. The first-order valence-electron chi connectivity index (χ1n) is 5.29. The number of nitrogens with one attached hydrogen (secondary N) is 1. The van der Waals surface area contributed by atoms with Crippen molar-refractivity contribution < 1.29 is 14.3 Å². The second kappa shape index (κ2) is 5.11. The number of carbonyl (C=O) groups excluding carboxylic acids is 2. The second-order valence-corrected chi connectivity index (χ2v) is 5.23. The summed E-state index contributed by atoms with van der Waals surface area (Å²) in [7, 11) is 3.03. The van der Waals surface area contributed by atoms with Gasteiger partial charge in [-0.15, -0.1) is 0 Å². The molecule has 1 fully saturated rings. The Morgan fingerprint density at radius 1 is 1.67 bits per heavy atom. The van der Waals surface area contributed by atoms with E-state index in [1.807, 2.05) is 0 Å². The van der Waals surface area contributed by atoms with Crippen LogP contribution in [0.3, 0.4) is 0 Å². The molecule has 2 rings (SSSR count). The van der Waals surface area contributed by atoms with Gasteiger partial charge in [-0.05, 0) is 6.42 Å². The highest BCUT2D eigenvalue weighted by atomic mass is 35.5. The summed E-state index contributed by atoms with van der Waals surface area (Å²) in [5.74, 6) is -0.513. The molecule has 1 N–H and O–H groups in total. The third kappa shape index (κ3) is 2.41. The monoisotopic (exact) mass is 289 g/mol. The quantitative estimate of drug-likeness (QED) is 0.847. The number of likely N-dealkylation sites (N-methyl/N-ethyl adjacent to an activating group) is 1. The number of ether oxygens (including phenoxy) is 1. The fourth-order valence-corrected chi connectivity index (χ4v) is 2.84.